The molecule has 2 aromatic heterocycles. The van der Waals surface area contributed by atoms with Gasteiger partial charge in [-0.3, -0.25) is 0 Å². The average Bonchev–Trinajstić information content (AvgIpc) is 3.19. The Morgan fingerprint density at radius 2 is 2.13 bits per heavy atom. The van der Waals surface area contributed by atoms with Crippen molar-refractivity contribution in [3.63, 3.8) is 0 Å². The fourth-order valence-electron chi connectivity index (χ4n) is 5.03. The second kappa shape index (κ2) is 10.2. The molecule has 4 rings (SSSR count). The third-order valence-electron chi connectivity index (χ3n) is 6.59. The van der Waals surface area contributed by atoms with E-state index in [2.05, 4.69) is 52.0 Å². The van der Waals surface area contributed by atoms with Gasteiger partial charge in [0.25, 0.3) is 0 Å². The first kappa shape index (κ1) is 21.8. The molecule has 0 spiro atoms. The number of nitrogens with one attached hydrogen (secondary N) is 3. The first-order valence-corrected chi connectivity index (χ1v) is 11.7. The molecule has 2 aromatic rings. The summed E-state index contributed by atoms with van der Waals surface area (Å²) in [5.41, 5.74) is 3.18. The SMILES string of the molecule is C=CC=c1[nH]cc(-c2nc(NC3CCCC(CN4CCNCC4)C3)ncc2C)c1=CC. The van der Waals surface area contributed by atoms with E-state index in [1.165, 1.54) is 45.3 Å². The van der Waals surface area contributed by atoms with Crippen LogP contribution in [-0.4, -0.2) is 58.6 Å². The Kier molecular flexibility index (Phi) is 7.20. The lowest BCUT2D eigenvalue weighted by molar-refractivity contribution is 0.178. The number of aryl methyl sites for hydroxylation is 1. The van der Waals surface area contributed by atoms with Crippen LogP contribution in [0, 0.1) is 12.8 Å². The van der Waals surface area contributed by atoms with Crippen molar-refractivity contribution in [3.8, 4) is 11.3 Å². The van der Waals surface area contributed by atoms with Crippen LogP contribution in [0.4, 0.5) is 5.95 Å². The highest BCUT2D eigenvalue weighted by Crippen LogP contribution is 2.27. The Morgan fingerprint density at radius 3 is 2.90 bits per heavy atom. The molecule has 3 heterocycles. The number of piperazine rings is 1. The molecule has 0 aromatic carbocycles. The lowest BCUT2D eigenvalue weighted by Gasteiger charge is -2.35. The molecular weight excluding hydrogens is 384 g/mol. The first-order valence-electron chi connectivity index (χ1n) is 11.7. The third-order valence-corrected chi connectivity index (χ3v) is 6.59. The summed E-state index contributed by atoms with van der Waals surface area (Å²) in [6.45, 7) is 13.8. The molecule has 31 heavy (non-hydrogen) atoms. The Hall–Kier alpha value is -2.44. The molecule has 0 amide bonds. The number of allylic oxidation sites excluding steroid dienone is 1. The lowest BCUT2D eigenvalue weighted by atomic mass is 9.85. The minimum atomic E-state index is 0.449. The van der Waals surface area contributed by atoms with Gasteiger partial charge in [0.05, 0.1) is 5.69 Å². The number of aromatic nitrogens is 3. The van der Waals surface area contributed by atoms with Crippen molar-refractivity contribution >= 4 is 18.1 Å². The van der Waals surface area contributed by atoms with Crippen LogP contribution in [0.1, 0.15) is 38.2 Å². The van der Waals surface area contributed by atoms with Gasteiger partial charge in [0.15, 0.2) is 0 Å². The standard InChI is InChI=1S/C25H36N6/c1-4-7-23-21(5-2)22(16-27-23)24-18(3)15-28-25(30-24)29-20-9-6-8-19(14-20)17-31-12-10-26-11-13-31/h4-5,7,15-16,19-20,26-27H,1,6,8-14,17H2,2-3H3,(H,28,29,30). The number of hydrogen-bond donors (Lipinski definition) is 3. The zero-order valence-corrected chi connectivity index (χ0v) is 19.0. The molecule has 6 heteroatoms. The predicted octanol–water partition coefficient (Wildman–Crippen LogP) is 2.42. The van der Waals surface area contributed by atoms with Crippen molar-refractivity contribution in [3.05, 3.63) is 41.2 Å². The second-order valence-electron chi connectivity index (χ2n) is 8.87. The fourth-order valence-corrected chi connectivity index (χ4v) is 5.03. The van der Waals surface area contributed by atoms with Crippen molar-refractivity contribution < 1.29 is 0 Å². The van der Waals surface area contributed by atoms with E-state index >= 15 is 0 Å². The molecule has 2 unspecified atom stereocenters. The van der Waals surface area contributed by atoms with Crippen molar-refractivity contribution in [2.45, 2.75) is 45.6 Å². The van der Waals surface area contributed by atoms with E-state index < -0.39 is 0 Å². The molecule has 0 radical (unpaired) electrons. The molecule has 1 aliphatic carbocycles. The van der Waals surface area contributed by atoms with Gasteiger partial charge in [-0.1, -0.05) is 25.2 Å². The Labute approximate surface area is 185 Å². The smallest absolute Gasteiger partial charge is 0.223 e. The summed E-state index contributed by atoms with van der Waals surface area (Å²) in [5, 5.41) is 9.32. The van der Waals surface area contributed by atoms with Crippen molar-refractivity contribution in [1.82, 2.24) is 25.2 Å². The molecule has 2 atom stereocenters. The molecule has 1 saturated heterocycles. The van der Waals surface area contributed by atoms with Gasteiger partial charge in [0.1, 0.15) is 0 Å². The highest BCUT2D eigenvalue weighted by atomic mass is 15.2. The zero-order valence-electron chi connectivity index (χ0n) is 19.0. The van der Waals surface area contributed by atoms with Crippen molar-refractivity contribution in [2.75, 3.05) is 38.0 Å². The average molecular weight is 421 g/mol. The van der Waals surface area contributed by atoms with Crippen molar-refractivity contribution in [1.29, 1.82) is 0 Å². The summed E-state index contributed by atoms with van der Waals surface area (Å²) in [7, 11) is 0. The topological polar surface area (TPSA) is 68.9 Å². The molecule has 1 aliphatic heterocycles. The largest absolute Gasteiger partial charge is 0.360 e. The molecule has 6 nitrogen and oxygen atoms in total. The highest BCUT2D eigenvalue weighted by molar-refractivity contribution is 5.65. The third kappa shape index (κ3) is 5.25. The number of nitrogens with zero attached hydrogens (tertiary/aromatic N) is 3. The van der Waals surface area contributed by atoms with Crippen LogP contribution < -0.4 is 21.2 Å². The summed E-state index contributed by atoms with van der Waals surface area (Å²) in [6, 6.07) is 0.449. The normalized spacial score (nSPS) is 23.8. The van der Waals surface area contributed by atoms with E-state index in [1.807, 2.05) is 24.5 Å². The number of anilines is 1. The second-order valence-corrected chi connectivity index (χ2v) is 8.87. The summed E-state index contributed by atoms with van der Waals surface area (Å²) >= 11 is 0. The van der Waals surface area contributed by atoms with Crippen molar-refractivity contribution in [2.24, 2.45) is 5.92 Å². The molecule has 2 fully saturated rings. The van der Waals surface area contributed by atoms with E-state index in [0.29, 0.717) is 6.04 Å². The van der Waals surface area contributed by atoms with Crippen LogP contribution in [-0.2, 0) is 0 Å². The van der Waals surface area contributed by atoms with Gasteiger partial charge < -0.3 is 20.5 Å². The Balaban J connectivity index is 1.49. The van der Waals surface area contributed by atoms with Gasteiger partial charge in [-0.05, 0) is 50.7 Å². The molecule has 1 saturated carbocycles. The van der Waals surface area contributed by atoms with E-state index in [4.69, 9.17) is 4.98 Å². The van der Waals surface area contributed by atoms with Crippen LogP contribution in [0.25, 0.3) is 23.4 Å². The van der Waals surface area contributed by atoms with E-state index in [0.717, 1.165) is 52.3 Å². The molecule has 3 N–H and O–H groups in total. The quantitative estimate of drug-likeness (QED) is 0.670. The molecular formula is C25H36N6. The van der Waals surface area contributed by atoms with E-state index in [-0.39, 0.29) is 0 Å². The maximum Gasteiger partial charge on any atom is 0.223 e. The molecule has 166 valence electrons. The van der Waals surface area contributed by atoms with Gasteiger partial charge >= 0.3 is 0 Å². The summed E-state index contributed by atoms with van der Waals surface area (Å²) in [4.78, 5) is 15.5. The number of hydrogen-bond acceptors (Lipinski definition) is 5. The minimum absolute atomic E-state index is 0.449. The van der Waals surface area contributed by atoms with Gasteiger partial charge in [0.2, 0.25) is 5.95 Å². The summed E-state index contributed by atoms with van der Waals surface area (Å²) in [5.74, 6) is 1.50. The molecule has 0 bridgehead atoms. The first-order chi connectivity index (χ1) is 15.2. The Morgan fingerprint density at radius 1 is 1.29 bits per heavy atom. The number of H-pyrrole nitrogens is 1. The Bertz CT molecular complexity index is 1000. The van der Waals surface area contributed by atoms with Crippen LogP contribution in [0.2, 0.25) is 0 Å². The maximum atomic E-state index is 4.94. The maximum absolute atomic E-state index is 4.94. The lowest BCUT2D eigenvalue weighted by Crippen LogP contribution is -2.46. The minimum Gasteiger partial charge on any atom is -0.360 e. The van der Waals surface area contributed by atoms with Gasteiger partial charge in [-0.2, -0.15) is 0 Å². The fraction of sp³-hybridized carbons (Fsp3) is 0.520. The van der Waals surface area contributed by atoms with Crippen LogP contribution >= 0.6 is 0 Å². The highest BCUT2D eigenvalue weighted by Gasteiger charge is 2.25. The van der Waals surface area contributed by atoms with E-state index in [1.54, 1.807) is 0 Å². The van der Waals surface area contributed by atoms with Crippen LogP contribution in [0.15, 0.2) is 25.0 Å². The number of rotatable bonds is 6. The van der Waals surface area contributed by atoms with Gasteiger partial charge in [0, 0.05) is 67.3 Å². The predicted molar refractivity (Wildman–Crippen MR) is 129 cm³/mol. The number of aromatic amines is 1. The molecule has 2 aliphatic rings. The van der Waals surface area contributed by atoms with Gasteiger partial charge in [-0.15, -0.1) is 0 Å². The van der Waals surface area contributed by atoms with Crippen LogP contribution in [0.5, 0.6) is 0 Å². The monoisotopic (exact) mass is 420 g/mol. The van der Waals surface area contributed by atoms with Gasteiger partial charge in [-0.25, -0.2) is 9.97 Å². The van der Waals surface area contributed by atoms with Crippen LogP contribution in [0.3, 0.4) is 0 Å². The summed E-state index contributed by atoms with van der Waals surface area (Å²) < 4.78 is 0. The zero-order chi connectivity index (χ0) is 21.6. The summed E-state index contributed by atoms with van der Waals surface area (Å²) in [6.07, 6.45) is 14.9. The van der Waals surface area contributed by atoms with E-state index in [9.17, 15) is 0 Å².